The first-order chi connectivity index (χ1) is 7.79. The van der Waals surface area contributed by atoms with E-state index in [4.69, 9.17) is 9.47 Å². The first-order valence-corrected chi connectivity index (χ1v) is 6.27. The number of esters is 1. The van der Waals surface area contributed by atoms with E-state index in [2.05, 4.69) is 12.2 Å². The number of nitrogens with one attached hydrogen (secondary N) is 1. The maximum atomic E-state index is 11.8. The van der Waals surface area contributed by atoms with E-state index in [-0.39, 0.29) is 12.0 Å². The fraction of sp³-hybridized carbons (Fsp3) is 0.917. The zero-order valence-corrected chi connectivity index (χ0v) is 10.3. The topological polar surface area (TPSA) is 47.6 Å². The number of hydrogen-bond donors (Lipinski definition) is 1. The lowest BCUT2D eigenvalue weighted by Gasteiger charge is -2.29. The highest BCUT2D eigenvalue weighted by Gasteiger charge is 2.30. The van der Waals surface area contributed by atoms with Crippen LogP contribution in [0.1, 0.15) is 33.1 Å². The molecule has 0 amide bonds. The summed E-state index contributed by atoms with van der Waals surface area (Å²) in [5.41, 5.74) is 0. The molecule has 1 atom stereocenters. The van der Waals surface area contributed by atoms with Crippen LogP contribution in [-0.4, -0.2) is 38.4 Å². The summed E-state index contributed by atoms with van der Waals surface area (Å²) in [6.45, 7) is 6.77. The molecule has 1 saturated heterocycles. The molecule has 1 rings (SSSR count). The van der Waals surface area contributed by atoms with Crippen molar-refractivity contribution in [2.75, 3.05) is 26.4 Å². The summed E-state index contributed by atoms with van der Waals surface area (Å²) in [6.07, 6.45) is 2.92. The van der Waals surface area contributed by atoms with Gasteiger partial charge in [-0.25, -0.2) is 0 Å². The highest BCUT2D eigenvalue weighted by molar-refractivity contribution is 5.76. The van der Waals surface area contributed by atoms with Crippen LogP contribution in [0.4, 0.5) is 0 Å². The van der Waals surface area contributed by atoms with Gasteiger partial charge < -0.3 is 14.8 Å². The molecule has 16 heavy (non-hydrogen) atoms. The van der Waals surface area contributed by atoms with Crippen LogP contribution in [0.15, 0.2) is 0 Å². The van der Waals surface area contributed by atoms with Gasteiger partial charge in [0.1, 0.15) is 6.04 Å². The van der Waals surface area contributed by atoms with Crippen LogP contribution >= 0.6 is 0 Å². The molecule has 0 aromatic carbocycles. The van der Waals surface area contributed by atoms with Crippen molar-refractivity contribution >= 4 is 5.97 Å². The Bertz CT molecular complexity index is 202. The number of hydrogen-bond acceptors (Lipinski definition) is 4. The van der Waals surface area contributed by atoms with Crippen molar-refractivity contribution in [1.82, 2.24) is 5.32 Å². The largest absolute Gasteiger partial charge is 0.465 e. The Morgan fingerprint density at radius 3 is 2.69 bits per heavy atom. The number of ether oxygens (including phenoxy) is 2. The van der Waals surface area contributed by atoms with Crippen LogP contribution in [0.2, 0.25) is 0 Å². The third-order valence-electron chi connectivity index (χ3n) is 2.89. The fourth-order valence-electron chi connectivity index (χ4n) is 2.02. The average molecular weight is 229 g/mol. The molecule has 1 N–H and O–H groups in total. The lowest BCUT2D eigenvalue weighted by atomic mass is 9.91. The van der Waals surface area contributed by atoms with Crippen LogP contribution in [-0.2, 0) is 14.3 Å². The van der Waals surface area contributed by atoms with Crippen LogP contribution in [0.5, 0.6) is 0 Å². The fourth-order valence-corrected chi connectivity index (χ4v) is 2.02. The molecule has 4 heteroatoms. The van der Waals surface area contributed by atoms with Gasteiger partial charge in [-0.2, -0.15) is 0 Å². The molecule has 0 aromatic rings. The Hall–Kier alpha value is -0.610. The smallest absolute Gasteiger partial charge is 0.323 e. The Morgan fingerprint density at radius 2 is 2.12 bits per heavy atom. The van der Waals surface area contributed by atoms with Crippen molar-refractivity contribution in [3.05, 3.63) is 0 Å². The van der Waals surface area contributed by atoms with E-state index < -0.39 is 0 Å². The van der Waals surface area contributed by atoms with Crippen LogP contribution in [0.25, 0.3) is 0 Å². The summed E-state index contributed by atoms with van der Waals surface area (Å²) in [4.78, 5) is 11.8. The van der Waals surface area contributed by atoms with Crippen molar-refractivity contribution in [3.8, 4) is 0 Å². The molecular formula is C12H23NO3. The first kappa shape index (κ1) is 13.5. The summed E-state index contributed by atoms with van der Waals surface area (Å²) in [6, 6.07) is -0.149. The minimum Gasteiger partial charge on any atom is -0.465 e. The molecule has 0 saturated carbocycles. The maximum Gasteiger partial charge on any atom is 0.323 e. The molecule has 0 aliphatic carbocycles. The molecule has 1 heterocycles. The third-order valence-corrected chi connectivity index (χ3v) is 2.89. The second kappa shape index (κ2) is 7.63. The molecule has 1 aliphatic rings. The van der Waals surface area contributed by atoms with Gasteiger partial charge in [-0.15, -0.1) is 0 Å². The minimum atomic E-state index is -0.149. The Balaban J connectivity index is 2.50. The predicted molar refractivity (Wildman–Crippen MR) is 62.3 cm³/mol. The zero-order valence-electron chi connectivity index (χ0n) is 10.3. The molecule has 0 spiro atoms. The number of carbonyl (C=O) groups is 1. The Morgan fingerprint density at radius 1 is 1.44 bits per heavy atom. The SMILES string of the molecule is CCCNC(C(=O)OCC)C1CCOCC1. The number of rotatable bonds is 6. The molecule has 0 aromatic heterocycles. The van der Waals surface area contributed by atoms with Crippen LogP contribution in [0.3, 0.4) is 0 Å². The van der Waals surface area contributed by atoms with Crippen LogP contribution in [0, 0.1) is 5.92 Å². The van der Waals surface area contributed by atoms with Gasteiger partial charge >= 0.3 is 5.97 Å². The van der Waals surface area contributed by atoms with Crippen LogP contribution < -0.4 is 5.32 Å². The maximum absolute atomic E-state index is 11.8. The van der Waals surface area contributed by atoms with Gasteiger partial charge in [-0.1, -0.05) is 6.92 Å². The van der Waals surface area contributed by atoms with Gasteiger partial charge in [0, 0.05) is 13.2 Å². The van der Waals surface area contributed by atoms with E-state index in [9.17, 15) is 4.79 Å². The van der Waals surface area contributed by atoms with E-state index in [1.165, 1.54) is 0 Å². The lowest BCUT2D eigenvalue weighted by Crippen LogP contribution is -2.46. The van der Waals surface area contributed by atoms with E-state index in [1.54, 1.807) is 0 Å². The molecule has 94 valence electrons. The summed E-state index contributed by atoms with van der Waals surface area (Å²) in [7, 11) is 0. The van der Waals surface area contributed by atoms with E-state index in [1.807, 2.05) is 6.92 Å². The highest BCUT2D eigenvalue weighted by Crippen LogP contribution is 2.19. The van der Waals surface area contributed by atoms with Gasteiger partial charge in [0.25, 0.3) is 0 Å². The van der Waals surface area contributed by atoms with E-state index in [0.29, 0.717) is 12.5 Å². The van der Waals surface area contributed by atoms with Crippen molar-refractivity contribution < 1.29 is 14.3 Å². The second-order valence-electron chi connectivity index (χ2n) is 4.13. The second-order valence-corrected chi connectivity index (χ2v) is 4.13. The van der Waals surface area contributed by atoms with Gasteiger partial charge in [0.2, 0.25) is 0 Å². The highest BCUT2D eigenvalue weighted by atomic mass is 16.5. The predicted octanol–water partition coefficient (Wildman–Crippen LogP) is 1.34. The molecule has 0 radical (unpaired) electrons. The van der Waals surface area contributed by atoms with E-state index in [0.717, 1.165) is 39.0 Å². The van der Waals surface area contributed by atoms with Crippen molar-refractivity contribution in [2.24, 2.45) is 5.92 Å². The lowest BCUT2D eigenvalue weighted by molar-refractivity contribution is -0.148. The van der Waals surface area contributed by atoms with Crippen molar-refractivity contribution in [2.45, 2.75) is 39.2 Å². The normalized spacial score (nSPS) is 19.4. The van der Waals surface area contributed by atoms with Crippen molar-refractivity contribution in [3.63, 3.8) is 0 Å². The Labute approximate surface area is 97.7 Å². The third kappa shape index (κ3) is 4.10. The van der Waals surface area contributed by atoms with Crippen molar-refractivity contribution in [1.29, 1.82) is 0 Å². The quantitative estimate of drug-likeness (QED) is 0.698. The summed E-state index contributed by atoms with van der Waals surface area (Å²) >= 11 is 0. The molecular weight excluding hydrogens is 206 g/mol. The summed E-state index contributed by atoms with van der Waals surface area (Å²) < 4.78 is 10.4. The average Bonchev–Trinajstić information content (AvgIpc) is 2.31. The molecule has 1 fully saturated rings. The standard InChI is InChI=1S/C12H23NO3/c1-3-7-13-11(12(14)16-4-2)10-5-8-15-9-6-10/h10-11,13H,3-9H2,1-2H3. The molecule has 1 unspecified atom stereocenters. The van der Waals surface area contributed by atoms with Gasteiger partial charge in [-0.3, -0.25) is 4.79 Å². The minimum absolute atomic E-state index is 0.108. The van der Waals surface area contributed by atoms with Gasteiger partial charge in [0.15, 0.2) is 0 Å². The van der Waals surface area contributed by atoms with Gasteiger partial charge in [-0.05, 0) is 38.6 Å². The summed E-state index contributed by atoms with van der Waals surface area (Å²) in [5.74, 6) is 0.252. The first-order valence-electron chi connectivity index (χ1n) is 6.27. The Kier molecular flexibility index (Phi) is 6.42. The monoisotopic (exact) mass is 229 g/mol. The number of carbonyl (C=O) groups excluding carboxylic acids is 1. The van der Waals surface area contributed by atoms with Gasteiger partial charge in [0.05, 0.1) is 6.61 Å². The molecule has 1 aliphatic heterocycles. The zero-order chi connectivity index (χ0) is 11.8. The summed E-state index contributed by atoms with van der Waals surface area (Å²) in [5, 5.41) is 3.29. The molecule has 4 nitrogen and oxygen atoms in total. The molecule has 0 bridgehead atoms. The van der Waals surface area contributed by atoms with E-state index >= 15 is 0 Å².